The van der Waals surface area contributed by atoms with Crippen LogP contribution < -0.4 is 10.1 Å². The predicted molar refractivity (Wildman–Crippen MR) is 90.8 cm³/mol. The lowest BCUT2D eigenvalue weighted by Crippen LogP contribution is -2.46. The van der Waals surface area contributed by atoms with E-state index in [0.717, 1.165) is 0 Å². The second kappa shape index (κ2) is 8.16. The van der Waals surface area contributed by atoms with E-state index in [4.69, 9.17) is 4.74 Å². The highest BCUT2D eigenvalue weighted by Gasteiger charge is 2.32. The van der Waals surface area contributed by atoms with E-state index < -0.39 is 6.04 Å². The number of halogens is 1. The molecule has 3 amide bonds. The van der Waals surface area contributed by atoms with Crippen molar-refractivity contribution in [2.75, 3.05) is 32.8 Å². The van der Waals surface area contributed by atoms with Gasteiger partial charge in [-0.25, -0.2) is 4.39 Å². The van der Waals surface area contributed by atoms with Gasteiger partial charge >= 0.3 is 0 Å². The third kappa shape index (κ3) is 4.50. The van der Waals surface area contributed by atoms with Gasteiger partial charge in [0.25, 0.3) is 5.91 Å². The molecule has 1 atom stereocenters. The second-order valence-corrected chi connectivity index (χ2v) is 6.46. The van der Waals surface area contributed by atoms with Crippen molar-refractivity contribution in [3.63, 3.8) is 0 Å². The molecule has 2 saturated heterocycles. The summed E-state index contributed by atoms with van der Waals surface area (Å²) in [7, 11) is 0. The molecule has 0 spiro atoms. The molecule has 0 saturated carbocycles. The first-order valence-electron chi connectivity index (χ1n) is 8.77. The zero-order chi connectivity index (χ0) is 18.5. The van der Waals surface area contributed by atoms with Crippen molar-refractivity contribution >= 4 is 17.7 Å². The predicted octanol–water partition coefficient (Wildman–Crippen LogP) is 0.544. The summed E-state index contributed by atoms with van der Waals surface area (Å²) in [4.78, 5) is 39.5. The first kappa shape index (κ1) is 18.2. The molecule has 0 bridgehead atoms. The van der Waals surface area contributed by atoms with Gasteiger partial charge in [-0.2, -0.15) is 0 Å². The quantitative estimate of drug-likeness (QED) is 0.847. The number of hydrogen-bond acceptors (Lipinski definition) is 4. The lowest BCUT2D eigenvalue weighted by molar-refractivity contribution is -0.136. The molecular formula is C18H22FN3O4. The number of benzene rings is 1. The largest absolute Gasteiger partial charge is 0.484 e. The second-order valence-electron chi connectivity index (χ2n) is 6.46. The minimum Gasteiger partial charge on any atom is -0.484 e. The first-order valence-corrected chi connectivity index (χ1v) is 8.77. The normalized spacial score (nSPS) is 20.5. The molecule has 26 heavy (non-hydrogen) atoms. The minimum atomic E-state index is -0.438. The van der Waals surface area contributed by atoms with Gasteiger partial charge in [-0.1, -0.05) is 0 Å². The van der Waals surface area contributed by atoms with Gasteiger partial charge in [0.05, 0.1) is 0 Å². The summed E-state index contributed by atoms with van der Waals surface area (Å²) in [6.07, 6.45) is 1.59. The highest BCUT2D eigenvalue weighted by molar-refractivity contribution is 5.90. The Balaban J connectivity index is 1.48. The average molecular weight is 363 g/mol. The molecule has 0 aliphatic carbocycles. The summed E-state index contributed by atoms with van der Waals surface area (Å²) in [6.45, 7) is 1.85. The Labute approximate surface area is 151 Å². The Bertz CT molecular complexity index is 680. The molecule has 0 radical (unpaired) electrons. The molecule has 0 aromatic heterocycles. The lowest BCUT2D eigenvalue weighted by atomic mass is 10.2. The van der Waals surface area contributed by atoms with E-state index in [-0.39, 0.29) is 30.1 Å². The highest BCUT2D eigenvalue weighted by atomic mass is 19.1. The van der Waals surface area contributed by atoms with Crippen LogP contribution >= 0.6 is 0 Å². The fourth-order valence-corrected chi connectivity index (χ4v) is 3.17. The molecule has 1 aromatic rings. The minimum absolute atomic E-state index is 0.0762. The smallest absolute Gasteiger partial charge is 0.260 e. The molecule has 3 rings (SSSR count). The van der Waals surface area contributed by atoms with Crippen molar-refractivity contribution in [3.8, 4) is 5.75 Å². The monoisotopic (exact) mass is 363 g/mol. The summed E-state index contributed by atoms with van der Waals surface area (Å²) in [5.74, 6) is -0.263. The van der Waals surface area contributed by atoms with Crippen molar-refractivity contribution in [1.29, 1.82) is 0 Å². The van der Waals surface area contributed by atoms with Crippen LogP contribution in [0.4, 0.5) is 4.39 Å². The molecule has 1 N–H and O–H groups in total. The van der Waals surface area contributed by atoms with Gasteiger partial charge in [0.1, 0.15) is 17.6 Å². The van der Waals surface area contributed by atoms with E-state index in [9.17, 15) is 18.8 Å². The molecule has 2 aliphatic heterocycles. The van der Waals surface area contributed by atoms with Crippen LogP contribution in [-0.2, 0) is 14.4 Å². The van der Waals surface area contributed by atoms with Crippen LogP contribution in [0.25, 0.3) is 0 Å². The van der Waals surface area contributed by atoms with E-state index >= 15 is 0 Å². The summed E-state index contributed by atoms with van der Waals surface area (Å²) in [6, 6.07) is 5.06. The van der Waals surface area contributed by atoms with Gasteiger partial charge in [-0.3, -0.25) is 14.4 Å². The number of nitrogens with zero attached hydrogens (tertiary/aromatic N) is 2. The van der Waals surface area contributed by atoms with Crippen LogP contribution in [0.1, 0.15) is 19.3 Å². The van der Waals surface area contributed by atoms with Crippen molar-refractivity contribution in [1.82, 2.24) is 15.1 Å². The number of ether oxygens (including phenoxy) is 1. The Hall–Kier alpha value is -2.64. The van der Waals surface area contributed by atoms with E-state index in [2.05, 4.69) is 5.32 Å². The van der Waals surface area contributed by atoms with Gasteiger partial charge in [-0.05, 0) is 37.1 Å². The first-order chi connectivity index (χ1) is 12.5. The van der Waals surface area contributed by atoms with E-state index in [0.29, 0.717) is 51.2 Å². The summed E-state index contributed by atoms with van der Waals surface area (Å²) >= 11 is 0. The topological polar surface area (TPSA) is 79.0 Å². The molecule has 2 heterocycles. The van der Waals surface area contributed by atoms with Crippen molar-refractivity contribution < 1.29 is 23.5 Å². The third-order valence-electron chi connectivity index (χ3n) is 4.63. The van der Waals surface area contributed by atoms with Crippen molar-refractivity contribution in [2.45, 2.75) is 25.3 Å². The number of amides is 3. The fourth-order valence-electron chi connectivity index (χ4n) is 3.17. The average Bonchev–Trinajstić information content (AvgIpc) is 2.92. The molecule has 1 aromatic carbocycles. The van der Waals surface area contributed by atoms with Crippen LogP contribution in [0.2, 0.25) is 0 Å². The maximum absolute atomic E-state index is 12.9. The highest BCUT2D eigenvalue weighted by Crippen LogP contribution is 2.14. The Morgan fingerprint density at radius 2 is 1.81 bits per heavy atom. The van der Waals surface area contributed by atoms with Crippen LogP contribution in [0, 0.1) is 5.82 Å². The molecule has 8 heteroatoms. The molecule has 140 valence electrons. The summed E-state index contributed by atoms with van der Waals surface area (Å²) < 4.78 is 18.3. The summed E-state index contributed by atoms with van der Waals surface area (Å²) in [5, 5.41) is 2.69. The zero-order valence-corrected chi connectivity index (χ0v) is 14.4. The molecule has 2 aliphatic rings. The van der Waals surface area contributed by atoms with Crippen LogP contribution in [0.3, 0.4) is 0 Å². The summed E-state index contributed by atoms with van der Waals surface area (Å²) in [5.41, 5.74) is 0. The zero-order valence-electron chi connectivity index (χ0n) is 14.4. The number of carbonyl (C=O) groups is 3. The van der Waals surface area contributed by atoms with E-state index in [1.54, 1.807) is 9.80 Å². The number of carbonyl (C=O) groups excluding carboxylic acids is 3. The standard InChI is InChI=1S/C18H22FN3O4/c19-13-2-4-14(5-3-13)26-12-17(24)21-8-1-9-22(11-10-21)18(25)15-6-7-16(23)20-15/h2-5,15H,1,6-12H2,(H,20,23). The fraction of sp³-hybridized carbons (Fsp3) is 0.500. The van der Waals surface area contributed by atoms with E-state index in [1.807, 2.05) is 0 Å². The third-order valence-corrected chi connectivity index (χ3v) is 4.63. The van der Waals surface area contributed by atoms with Gasteiger partial charge in [-0.15, -0.1) is 0 Å². The van der Waals surface area contributed by atoms with Crippen molar-refractivity contribution in [2.24, 2.45) is 0 Å². The maximum atomic E-state index is 12.9. The van der Waals surface area contributed by atoms with Crippen molar-refractivity contribution in [3.05, 3.63) is 30.1 Å². The number of hydrogen-bond donors (Lipinski definition) is 1. The van der Waals surface area contributed by atoms with Crippen LogP contribution in [0.5, 0.6) is 5.75 Å². The SMILES string of the molecule is O=C1CCC(C(=O)N2CCCN(C(=O)COc3ccc(F)cc3)CC2)N1. The number of rotatable bonds is 4. The molecular weight excluding hydrogens is 341 g/mol. The Kier molecular flexibility index (Phi) is 5.70. The van der Waals surface area contributed by atoms with E-state index in [1.165, 1.54) is 24.3 Å². The van der Waals surface area contributed by atoms with Crippen LogP contribution in [-0.4, -0.2) is 66.3 Å². The molecule has 1 unspecified atom stereocenters. The van der Waals surface area contributed by atoms with Gasteiger partial charge < -0.3 is 19.9 Å². The molecule has 7 nitrogen and oxygen atoms in total. The number of nitrogens with one attached hydrogen (secondary N) is 1. The van der Waals surface area contributed by atoms with Gasteiger partial charge in [0.15, 0.2) is 6.61 Å². The molecule has 2 fully saturated rings. The van der Waals surface area contributed by atoms with Gasteiger partial charge in [0, 0.05) is 32.6 Å². The lowest BCUT2D eigenvalue weighted by Gasteiger charge is -2.24. The Morgan fingerprint density at radius 3 is 2.50 bits per heavy atom. The van der Waals surface area contributed by atoms with Gasteiger partial charge in [0.2, 0.25) is 11.8 Å². The maximum Gasteiger partial charge on any atom is 0.260 e. The van der Waals surface area contributed by atoms with Crippen LogP contribution in [0.15, 0.2) is 24.3 Å². The Morgan fingerprint density at radius 1 is 1.12 bits per heavy atom.